The van der Waals surface area contributed by atoms with Crippen molar-refractivity contribution in [2.24, 2.45) is 0 Å². The van der Waals surface area contributed by atoms with Crippen LogP contribution in [0, 0.1) is 13.8 Å². The highest BCUT2D eigenvalue weighted by Gasteiger charge is 2.52. The number of pyridine rings is 1. The fraction of sp³-hybridized carbons (Fsp3) is 0.280. The molecule has 158 valence electrons. The van der Waals surface area contributed by atoms with Crippen molar-refractivity contribution in [1.29, 1.82) is 0 Å². The van der Waals surface area contributed by atoms with Gasteiger partial charge in [-0.1, -0.05) is 24.3 Å². The normalized spacial score (nSPS) is 15.5. The van der Waals surface area contributed by atoms with Crippen LogP contribution in [0.5, 0.6) is 17.2 Å². The van der Waals surface area contributed by atoms with Gasteiger partial charge in [-0.3, -0.25) is 4.79 Å². The molecule has 6 heteroatoms. The number of para-hydroxylation sites is 1. The molecule has 5 rings (SSSR count). The van der Waals surface area contributed by atoms with Crippen LogP contribution in [0.2, 0.25) is 0 Å². The summed E-state index contributed by atoms with van der Waals surface area (Å²) in [5, 5.41) is 3.07. The van der Waals surface area contributed by atoms with E-state index >= 15 is 0 Å². The molecule has 0 radical (unpaired) electrons. The lowest BCUT2D eigenvalue weighted by Gasteiger charge is -2.19. The minimum absolute atomic E-state index is 0.0357. The molecule has 0 bridgehead atoms. The molecule has 2 aromatic carbocycles. The minimum Gasteiger partial charge on any atom is -0.496 e. The molecule has 1 amide bonds. The van der Waals surface area contributed by atoms with Crippen LogP contribution in [-0.4, -0.2) is 24.8 Å². The summed E-state index contributed by atoms with van der Waals surface area (Å²) in [5.41, 5.74) is 4.39. The van der Waals surface area contributed by atoms with Gasteiger partial charge in [0.25, 0.3) is 0 Å². The fourth-order valence-electron chi connectivity index (χ4n) is 4.16. The highest BCUT2D eigenvalue weighted by molar-refractivity contribution is 6.01. The van der Waals surface area contributed by atoms with Crippen LogP contribution in [0.15, 0.2) is 48.7 Å². The standard InChI is InChI=1S/C25H24N2O4/c1-15-16(2)23(26-13-19(15)18-6-4-5-7-20(18)29-3)27-24(28)25(10-11-25)17-8-9-21-22(12-17)31-14-30-21/h4-9,12-13H,10-11,14H2,1-3H3,(H,26,27,28). The summed E-state index contributed by atoms with van der Waals surface area (Å²) in [4.78, 5) is 17.9. The molecular formula is C25H24N2O4. The quantitative estimate of drug-likeness (QED) is 0.649. The number of benzene rings is 2. The van der Waals surface area contributed by atoms with Gasteiger partial charge in [-0.05, 0) is 61.6 Å². The molecule has 6 nitrogen and oxygen atoms in total. The summed E-state index contributed by atoms with van der Waals surface area (Å²) in [6.45, 7) is 4.25. The number of fused-ring (bicyclic) bond motifs is 1. The van der Waals surface area contributed by atoms with Crippen LogP contribution in [0.3, 0.4) is 0 Å². The van der Waals surface area contributed by atoms with Gasteiger partial charge < -0.3 is 19.5 Å². The molecule has 0 saturated heterocycles. The zero-order chi connectivity index (χ0) is 21.6. The van der Waals surface area contributed by atoms with E-state index in [1.54, 1.807) is 13.3 Å². The molecule has 0 atom stereocenters. The van der Waals surface area contributed by atoms with Crippen molar-refractivity contribution in [1.82, 2.24) is 4.98 Å². The Morgan fingerprint density at radius 2 is 1.81 bits per heavy atom. The van der Waals surface area contributed by atoms with Crippen LogP contribution in [0.25, 0.3) is 11.1 Å². The first-order valence-electron chi connectivity index (χ1n) is 10.3. The van der Waals surface area contributed by atoms with E-state index in [9.17, 15) is 4.79 Å². The summed E-state index contributed by atoms with van der Waals surface area (Å²) in [7, 11) is 1.66. The Bertz CT molecular complexity index is 1180. The van der Waals surface area contributed by atoms with Crippen molar-refractivity contribution in [3.8, 4) is 28.4 Å². The fourth-order valence-corrected chi connectivity index (χ4v) is 4.16. The number of nitrogens with zero attached hydrogens (tertiary/aromatic N) is 1. The van der Waals surface area contributed by atoms with Crippen molar-refractivity contribution in [2.75, 3.05) is 19.2 Å². The second kappa shape index (κ2) is 7.30. The lowest BCUT2D eigenvalue weighted by Crippen LogP contribution is -2.28. The summed E-state index contributed by atoms with van der Waals surface area (Å²) in [6, 6.07) is 13.6. The lowest BCUT2D eigenvalue weighted by molar-refractivity contribution is -0.118. The number of methoxy groups -OCH3 is 1. The zero-order valence-corrected chi connectivity index (χ0v) is 17.8. The van der Waals surface area contributed by atoms with Crippen LogP contribution >= 0.6 is 0 Å². The smallest absolute Gasteiger partial charge is 0.236 e. The SMILES string of the molecule is COc1ccccc1-c1cnc(NC(=O)C2(c3ccc4c(c3)OCO4)CC2)c(C)c1C. The predicted octanol–water partition coefficient (Wildman–Crippen LogP) is 4.77. The third-order valence-electron chi connectivity index (χ3n) is 6.38. The maximum atomic E-state index is 13.3. The number of nitrogens with one attached hydrogen (secondary N) is 1. The molecule has 0 spiro atoms. The van der Waals surface area contributed by atoms with Crippen LogP contribution in [0.1, 0.15) is 29.5 Å². The van der Waals surface area contributed by atoms with Gasteiger partial charge in [0.15, 0.2) is 11.5 Å². The molecule has 1 saturated carbocycles. The van der Waals surface area contributed by atoms with Gasteiger partial charge in [-0.2, -0.15) is 0 Å². The highest BCUT2D eigenvalue weighted by Crippen LogP contribution is 2.51. The molecule has 2 aliphatic rings. The van der Waals surface area contributed by atoms with E-state index in [1.165, 1.54) is 0 Å². The number of aromatic nitrogens is 1. The Morgan fingerprint density at radius 3 is 2.58 bits per heavy atom. The van der Waals surface area contributed by atoms with Gasteiger partial charge in [-0.15, -0.1) is 0 Å². The average molecular weight is 416 g/mol. The topological polar surface area (TPSA) is 69.7 Å². The summed E-state index contributed by atoms with van der Waals surface area (Å²) in [5.74, 6) is 2.77. The first-order chi connectivity index (χ1) is 15.0. The van der Waals surface area contributed by atoms with Crippen molar-refractivity contribution in [2.45, 2.75) is 32.1 Å². The van der Waals surface area contributed by atoms with Crippen LogP contribution < -0.4 is 19.5 Å². The summed E-state index contributed by atoms with van der Waals surface area (Å²) >= 11 is 0. The number of carbonyl (C=O) groups excluding carboxylic acids is 1. The highest BCUT2D eigenvalue weighted by atomic mass is 16.7. The summed E-state index contributed by atoms with van der Waals surface area (Å²) in [6.07, 6.45) is 3.40. The average Bonchev–Trinajstić information content (AvgIpc) is 3.48. The second-order valence-electron chi connectivity index (χ2n) is 8.08. The number of amides is 1. The molecule has 1 fully saturated rings. The number of hydrogen-bond acceptors (Lipinski definition) is 5. The molecule has 2 heterocycles. The van der Waals surface area contributed by atoms with Crippen molar-refractivity contribution >= 4 is 11.7 Å². The van der Waals surface area contributed by atoms with Crippen LogP contribution in [0.4, 0.5) is 5.82 Å². The summed E-state index contributed by atoms with van der Waals surface area (Å²) < 4.78 is 16.4. The Morgan fingerprint density at radius 1 is 1.03 bits per heavy atom. The minimum atomic E-state index is -0.537. The van der Waals surface area contributed by atoms with E-state index in [-0.39, 0.29) is 12.7 Å². The van der Waals surface area contributed by atoms with E-state index in [2.05, 4.69) is 10.3 Å². The van der Waals surface area contributed by atoms with E-state index < -0.39 is 5.41 Å². The van der Waals surface area contributed by atoms with E-state index in [0.717, 1.165) is 52.2 Å². The number of anilines is 1. The molecular weight excluding hydrogens is 392 g/mol. The second-order valence-corrected chi connectivity index (χ2v) is 8.08. The third-order valence-corrected chi connectivity index (χ3v) is 6.38. The molecule has 31 heavy (non-hydrogen) atoms. The van der Waals surface area contributed by atoms with Gasteiger partial charge in [0.05, 0.1) is 12.5 Å². The molecule has 0 unspecified atom stereocenters. The number of carbonyl (C=O) groups is 1. The number of hydrogen-bond donors (Lipinski definition) is 1. The van der Waals surface area contributed by atoms with E-state index in [1.807, 2.05) is 56.3 Å². The largest absolute Gasteiger partial charge is 0.496 e. The Balaban J connectivity index is 1.43. The predicted molar refractivity (Wildman–Crippen MR) is 118 cm³/mol. The Kier molecular flexibility index (Phi) is 4.58. The van der Waals surface area contributed by atoms with E-state index in [4.69, 9.17) is 14.2 Å². The first-order valence-corrected chi connectivity index (χ1v) is 10.3. The molecule has 1 aliphatic heterocycles. The van der Waals surface area contributed by atoms with Crippen molar-refractivity contribution < 1.29 is 19.0 Å². The van der Waals surface area contributed by atoms with E-state index in [0.29, 0.717) is 11.6 Å². The van der Waals surface area contributed by atoms with Crippen molar-refractivity contribution in [3.05, 3.63) is 65.4 Å². The molecule has 1 N–H and O–H groups in total. The third kappa shape index (κ3) is 3.19. The van der Waals surface area contributed by atoms with Gasteiger partial charge in [0.1, 0.15) is 11.6 Å². The van der Waals surface area contributed by atoms with Crippen LogP contribution in [-0.2, 0) is 10.2 Å². The first kappa shape index (κ1) is 19.4. The Labute approximate surface area is 181 Å². The monoisotopic (exact) mass is 416 g/mol. The Hall–Kier alpha value is -3.54. The maximum absolute atomic E-state index is 13.3. The van der Waals surface area contributed by atoms with Crippen molar-refractivity contribution in [3.63, 3.8) is 0 Å². The number of rotatable bonds is 5. The lowest BCUT2D eigenvalue weighted by atomic mass is 9.94. The van der Waals surface area contributed by atoms with Gasteiger partial charge >= 0.3 is 0 Å². The zero-order valence-electron chi connectivity index (χ0n) is 17.8. The molecule has 1 aliphatic carbocycles. The van der Waals surface area contributed by atoms with Gasteiger partial charge in [0, 0.05) is 17.3 Å². The van der Waals surface area contributed by atoms with Gasteiger partial charge in [-0.25, -0.2) is 4.98 Å². The maximum Gasteiger partial charge on any atom is 0.236 e. The van der Waals surface area contributed by atoms with Gasteiger partial charge in [0.2, 0.25) is 12.7 Å². The molecule has 3 aromatic rings. The number of ether oxygens (including phenoxy) is 3. The molecule has 1 aromatic heterocycles.